The molecule has 24 heavy (non-hydrogen) atoms. The molecule has 0 aromatic heterocycles. The van der Waals surface area contributed by atoms with Crippen LogP contribution in [0.15, 0.2) is 11.1 Å². The first-order valence-corrected chi connectivity index (χ1v) is 8.30. The monoisotopic (exact) mass is 411 g/mol. The zero-order chi connectivity index (χ0) is 19.3. The average molecular weight is 411 g/mol. The van der Waals surface area contributed by atoms with Gasteiger partial charge in [0, 0.05) is 6.54 Å². The van der Waals surface area contributed by atoms with E-state index in [4.69, 9.17) is 0 Å². The Hall–Kier alpha value is -0.630. The van der Waals surface area contributed by atoms with Crippen LogP contribution in [0.5, 0.6) is 0 Å². The van der Waals surface area contributed by atoms with Gasteiger partial charge in [-0.15, -0.1) is 3.71 Å². The molecule has 0 spiro atoms. The minimum absolute atomic E-state index is 0.199. The van der Waals surface area contributed by atoms with Gasteiger partial charge in [-0.05, 0) is 13.8 Å². The molecule has 1 aliphatic heterocycles. The van der Waals surface area contributed by atoms with Crippen LogP contribution in [0, 0.1) is 0 Å². The van der Waals surface area contributed by atoms with Crippen molar-refractivity contribution >= 4 is 22.0 Å². The van der Waals surface area contributed by atoms with Crippen molar-refractivity contribution in [3.05, 3.63) is 11.1 Å². The van der Waals surface area contributed by atoms with E-state index in [1.54, 1.807) is 0 Å². The van der Waals surface area contributed by atoms with Crippen LogP contribution in [0.1, 0.15) is 13.8 Å². The molecule has 2 atom stereocenters. The smallest absolute Gasteiger partial charge is 0.241 e. The Bertz CT molecular complexity index is 600. The lowest BCUT2D eigenvalue weighted by Crippen LogP contribution is -2.64. The van der Waals surface area contributed by atoms with Crippen molar-refractivity contribution < 1.29 is 47.9 Å². The summed E-state index contributed by atoms with van der Waals surface area (Å²) in [5, 5.41) is -6.31. The number of alkyl halides is 9. The third-order valence-corrected chi connectivity index (χ3v) is 6.54. The molecule has 0 saturated heterocycles. The summed E-state index contributed by atoms with van der Waals surface area (Å²) in [6.45, 7) is 1.89. The van der Waals surface area contributed by atoms with Crippen LogP contribution in [0.2, 0.25) is 0 Å². The van der Waals surface area contributed by atoms with Gasteiger partial charge in [-0.25, -0.2) is 8.42 Å². The van der Waals surface area contributed by atoms with Gasteiger partial charge >= 0.3 is 23.3 Å². The summed E-state index contributed by atoms with van der Waals surface area (Å²) in [7, 11) is -6.95. The Morgan fingerprint density at radius 3 is 1.79 bits per heavy atom. The van der Waals surface area contributed by atoms with E-state index in [9.17, 15) is 47.9 Å². The molecule has 0 radical (unpaired) electrons. The summed E-state index contributed by atoms with van der Waals surface area (Å²) in [4.78, 5) is 0. The molecule has 1 aliphatic rings. The zero-order valence-corrected chi connectivity index (χ0v) is 13.5. The van der Waals surface area contributed by atoms with Crippen molar-refractivity contribution in [2.24, 2.45) is 0 Å². The van der Waals surface area contributed by atoms with Crippen LogP contribution in [0.3, 0.4) is 0 Å². The molecule has 1 rings (SSSR count). The Morgan fingerprint density at radius 2 is 1.38 bits per heavy atom. The molecule has 0 fully saturated rings. The maximum Gasteiger partial charge on any atom is 0.460 e. The fourth-order valence-electron chi connectivity index (χ4n) is 1.51. The summed E-state index contributed by atoms with van der Waals surface area (Å²) >= 11 is 0. The van der Waals surface area contributed by atoms with Gasteiger partial charge < -0.3 is 0 Å². The van der Waals surface area contributed by atoms with Crippen molar-refractivity contribution in [2.75, 3.05) is 12.3 Å². The lowest BCUT2D eigenvalue weighted by molar-refractivity contribution is -0.381. The predicted octanol–water partition coefficient (Wildman–Crippen LogP) is 3.39. The lowest BCUT2D eigenvalue weighted by Gasteiger charge is -2.35. The third kappa shape index (κ3) is 3.23. The summed E-state index contributed by atoms with van der Waals surface area (Å²) in [6.07, 6.45) is -7.00. The topological polar surface area (TPSA) is 37.4 Å². The van der Waals surface area contributed by atoms with E-state index in [0.717, 1.165) is 0 Å². The standard InChI is InChI=1S/C10H10F9NO2S2/c1-5-3-20(23(21)4-6(5)2)24(22)10(18,19)8(13,14)7(11,12)9(15,16)17/h3-4H2,1-2H3. The highest BCUT2D eigenvalue weighted by Crippen LogP contribution is 2.54. The molecule has 0 saturated carbocycles. The Kier molecular flexibility index (Phi) is 5.59. The van der Waals surface area contributed by atoms with Crippen molar-refractivity contribution in [1.82, 2.24) is 3.71 Å². The Labute approximate surface area is 135 Å². The van der Waals surface area contributed by atoms with Crippen LogP contribution in [-0.2, 0) is 22.0 Å². The molecule has 14 heteroatoms. The highest BCUT2D eigenvalue weighted by Gasteiger charge is 2.84. The molecule has 0 amide bonds. The number of halogens is 9. The first-order chi connectivity index (χ1) is 10.5. The second-order valence-electron chi connectivity index (χ2n) is 4.93. The van der Waals surface area contributed by atoms with E-state index in [2.05, 4.69) is 0 Å². The van der Waals surface area contributed by atoms with Crippen molar-refractivity contribution in [3.63, 3.8) is 0 Å². The molecule has 2 unspecified atom stereocenters. The molecule has 0 aromatic carbocycles. The van der Waals surface area contributed by atoms with Crippen molar-refractivity contribution in [1.29, 1.82) is 0 Å². The molecular formula is C10H10F9NO2S2. The molecule has 3 nitrogen and oxygen atoms in total. The van der Waals surface area contributed by atoms with Crippen LogP contribution in [-0.4, -0.2) is 47.7 Å². The quantitative estimate of drug-likeness (QED) is 0.526. The molecule has 142 valence electrons. The summed E-state index contributed by atoms with van der Waals surface area (Å²) < 4.78 is 138. The molecule has 0 N–H and O–H groups in total. The lowest BCUT2D eigenvalue weighted by atomic mass is 10.1. The van der Waals surface area contributed by atoms with Crippen LogP contribution >= 0.6 is 0 Å². The van der Waals surface area contributed by atoms with E-state index in [-0.39, 0.29) is 9.28 Å². The van der Waals surface area contributed by atoms with Gasteiger partial charge in [-0.2, -0.15) is 39.5 Å². The van der Waals surface area contributed by atoms with Crippen molar-refractivity contribution in [2.45, 2.75) is 37.1 Å². The molecule has 0 aliphatic carbocycles. The molecule has 0 bridgehead atoms. The normalized spacial score (nSPS) is 23.5. The second-order valence-corrected chi connectivity index (χ2v) is 7.99. The van der Waals surface area contributed by atoms with E-state index < -0.39 is 57.5 Å². The van der Waals surface area contributed by atoms with Crippen LogP contribution < -0.4 is 0 Å². The van der Waals surface area contributed by atoms with Gasteiger partial charge in [-0.1, -0.05) is 11.1 Å². The van der Waals surface area contributed by atoms with E-state index in [0.29, 0.717) is 5.57 Å². The first-order valence-electron chi connectivity index (χ1n) is 5.92. The summed E-state index contributed by atoms with van der Waals surface area (Å²) in [5.74, 6) is -14.6. The number of hydrogen-bond acceptors (Lipinski definition) is 2. The van der Waals surface area contributed by atoms with Crippen LogP contribution in [0.25, 0.3) is 0 Å². The first kappa shape index (κ1) is 21.4. The third-order valence-electron chi connectivity index (χ3n) is 3.18. The van der Waals surface area contributed by atoms with E-state index in [1.807, 2.05) is 0 Å². The second kappa shape index (κ2) is 6.27. The van der Waals surface area contributed by atoms with E-state index in [1.165, 1.54) is 13.8 Å². The SMILES string of the molecule is CC1=C(C)CS(=O)N(S(=O)C(F)(F)C(F)(F)C(F)(F)C(F)(F)F)C1. The molecular weight excluding hydrogens is 401 g/mol. The maximum absolute atomic E-state index is 13.6. The predicted molar refractivity (Wildman–Crippen MR) is 67.1 cm³/mol. The van der Waals surface area contributed by atoms with Gasteiger partial charge in [-0.3, -0.25) is 0 Å². The Morgan fingerprint density at radius 1 is 0.917 bits per heavy atom. The van der Waals surface area contributed by atoms with Crippen LogP contribution in [0.4, 0.5) is 39.5 Å². The summed E-state index contributed by atoms with van der Waals surface area (Å²) in [5.41, 5.74) is 0.599. The van der Waals surface area contributed by atoms with Gasteiger partial charge in [0.2, 0.25) is 0 Å². The minimum Gasteiger partial charge on any atom is -0.241 e. The fraction of sp³-hybridized carbons (Fsp3) is 0.800. The average Bonchev–Trinajstić information content (AvgIpc) is 2.40. The van der Waals surface area contributed by atoms with Gasteiger partial charge in [0.25, 0.3) is 0 Å². The largest absolute Gasteiger partial charge is 0.460 e. The van der Waals surface area contributed by atoms with E-state index >= 15 is 0 Å². The summed E-state index contributed by atoms with van der Waals surface area (Å²) in [6, 6.07) is 0. The molecule has 1 heterocycles. The maximum atomic E-state index is 13.6. The highest BCUT2D eigenvalue weighted by atomic mass is 32.3. The van der Waals surface area contributed by atoms with Gasteiger partial charge in [0.15, 0.2) is 11.0 Å². The number of nitrogens with zero attached hydrogens (tertiary/aromatic N) is 1. The fourth-order valence-corrected chi connectivity index (χ4v) is 4.57. The van der Waals surface area contributed by atoms with Crippen molar-refractivity contribution in [3.8, 4) is 0 Å². The number of rotatable bonds is 4. The molecule has 0 aromatic rings. The highest BCUT2D eigenvalue weighted by molar-refractivity contribution is 7.98. The zero-order valence-electron chi connectivity index (χ0n) is 11.9. The Balaban J connectivity index is 3.29. The number of hydrogen-bond donors (Lipinski definition) is 0. The van der Waals surface area contributed by atoms with Gasteiger partial charge in [0.1, 0.15) is 11.0 Å². The minimum atomic E-state index is -7.14. The van der Waals surface area contributed by atoms with Gasteiger partial charge in [0.05, 0.1) is 5.75 Å².